The lowest BCUT2D eigenvalue weighted by atomic mass is 9.82. The third kappa shape index (κ3) is 4.19. The van der Waals surface area contributed by atoms with E-state index in [1.807, 2.05) is 6.92 Å². The Labute approximate surface area is 122 Å². The number of nitrogens with two attached hydrogens (primary N) is 1. The first kappa shape index (κ1) is 15.8. The van der Waals surface area contributed by atoms with Crippen LogP contribution in [-0.4, -0.2) is 31.7 Å². The summed E-state index contributed by atoms with van der Waals surface area (Å²) < 4.78 is 5.51. The highest BCUT2D eigenvalue weighted by Crippen LogP contribution is 2.40. The summed E-state index contributed by atoms with van der Waals surface area (Å²) in [6, 6.07) is 0.226. The molecule has 0 heterocycles. The Balaban J connectivity index is 1.78. The van der Waals surface area contributed by atoms with Gasteiger partial charge in [-0.3, -0.25) is 4.79 Å². The summed E-state index contributed by atoms with van der Waals surface area (Å²) in [5.74, 6) is 0.371. The average Bonchev–Trinajstić information content (AvgIpc) is 3.06. The minimum Gasteiger partial charge on any atom is -0.382 e. The quantitative estimate of drug-likeness (QED) is 0.704. The monoisotopic (exact) mass is 282 g/mol. The zero-order valence-electron chi connectivity index (χ0n) is 12.8. The first-order chi connectivity index (χ1) is 9.65. The number of nitrogens with one attached hydrogen (secondary N) is 1. The second-order valence-electron chi connectivity index (χ2n) is 6.64. The van der Waals surface area contributed by atoms with E-state index < -0.39 is 0 Å². The van der Waals surface area contributed by atoms with Crippen LogP contribution >= 0.6 is 0 Å². The second kappa shape index (κ2) is 7.41. The largest absolute Gasteiger partial charge is 0.382 e. The van der Waals surface area contributed by atoms with Crippen molar-refractivity contribution in [2.45, 2.75) is 64.3 Å². The molecule has 0 bridgehead atoms. The van der Waals surface area contributed by atoms with Crippen molar-refractivity contribution in [2.75, 3.05) is 19.8 Å². The molecule has 0 aromatic heterocycles. The van der Waals surface area contributed by atoms with Gasteiger partial charge in [0.05, 0.1) is 0 Å². The van der Waals surface area contributed by atoms with Crippen molar-refractivity contribution in [1.29, 1.82) is 0 Å². The lowest BCUT2D eigenvalue weighted by molar-refractivity contribution is -0.125. The Hall–Kier alpha value is -0.610. The molecule has 0 spiro atoms. The summed E-state index contributed by atoms with van der Waals surface area (Å²) >= 11 is 0. The minimum atomic E-state index is 0.148. The van der Waals surface area contributed by atoms with Crippen LogP contribution in [0.4, 0.5) is 0 Å². The summed E-state index contributed by atoms with van der Waals surface area (Å²) in [5, 5.41) is 3.20. The van der Waals surface area contributed by atoms with Crippen molar-refractivity contribution >= 4 is 5.91 Å². The lowest BCUT2D eigenvalue weighted by Crippen LogP contribution is -2.39. The molecule has 2 saturated carbocycles. The van der Waals surface area contributed by atoms with E-state index >= 15 is 0 Å². The maximum atomic E-state index is 12.2. The van der Waals surface area contributed by atoms with E-state index in [4.69, 9.17) is 10.5 Å². The second-order valence-corrected chi connectivity index (χ2v) is 6.64. The van der Waals surface area contributed by atoms with E-state index in [0.717, 1.165) is 45.4 Å². The molecular weight excluding hydrogens is 252 g/mol. The fourth-order valence-electron chi connectivity index (χ4n) is 3.75. The molecule has 2 fully saturated rings. The highest BCUT2D eigenvalue weighted by atomic mass is 16.5. The molecule has 0 aromatic rings. The molecule has 1 amide bonds. The number of hydrogen-bond acceptors (Lipinski definition) is 3. The number of hydrogen-bond donors (Lipinski definition) is 2. The van der Waals surface area contributed by atoms with Gasteiger partial charge >= 0.3 is 0 Å². The van der Waals surface area contributed by atoms with Crippen molar-refractivity contribution in [2.24, 2.45) is 17.1 Å². The van der Waals surface area contributed by atoms with Gasteiger partial charge in [-0.1, -0.05) is 12.8 Å². The topological polar surface area (TPSA) is 64.3 Å². The van der Waals surface area contributed by atoms with Gasteiger partial charge in [-0.15, -0.1) is 0 Å². The molecule has 20 heavy (non-hydrogen) atoms. The zero-order chi connectivity index (χ0) is 14.4. The van der Waals surface area contributed by atoms with Crippen molar-refractivity contribution in [3.05, 3.63) is 0 Å². The first-order valence-electron chi connectivity index (χ1n) is 8.26. The van der Waals surface area contributed by atoms with Crippen molar-refractivity contribution in [3.8, 4) is 0 Å². The van der Waals surface area contributed by atoms with Gasteiger partial charge in [0.1, 0.15) is 0 Å². The number of ether oxygens (including phenoxy) is 1. The maximum absolute atomic E-state index is 12.2. The normalized spacial score (nSPS) is 28.7. The van der Waals surface area contributed by atoms with E-state index in [1.165, 1.54) is 25.7 Å². The van der Waals surface area contributed by atoms with Gasteiger partial charge in [-0.2, -0.15) is 0 Å². The van der Waals surface area contributed by atoms with Crippen LogP contribution in [0.5, 0.6) is 0 Å². The van der Waals surface area contributed by atoms with Gasteiger partial charge in [0.25, 0.3) is 0 Å². The van der Waals surface area contributed by atoms with Crippen molar-refractivity contribution in [3.63, 3.8) is 0 Å². The predicted octanol–water partition coefficient (Wildman–Crippen LogP) is 2.22. The van der Waals surface area contributed by atoms with Crippen LogP contribution in [0.3, 0.4) is 0 Å². The fraction of sp³-hybridized carbons (Fsp3) is 0.938. The van der Waals surface area contributed by atoms with Crippen molar-refractivity contribution < 1.29 is 9.53 Å². The molecule has 2 aliphatic carbocycles. The molecule has 4 nitrogen and oxygen atoms in total. The van der Waals surface area contributed by atoms with Gasteiger partial charge in [0.2, 0.25) is 5.91 Å². The number of carbonyl (C=O) groups is 1. The van der Waals surface area contributed by atoms with Gasteiger partial charge in [0, 0.05) is 31.7 Å². The minimum absolute atomic E-state index is 0.148. The highest BCUT2D eigenvalue weighted by Gasteiger charge is 2.35. The molecular formula is C16H30N2O2. The smallest absolute Gasteiger partial charge is 0.223 e. The zero-order valence-corrected chi connectivity index (χ0v) is 12.8. The molecule has 2 rings (SSSR count). The number of amides is 1. The summed E-state index contributed by atoms with van der Waals surface area (Å²) in [6.07, 6.45) is 8.91. The van der Waals surface area contributed by atoms with Crippen LogP contribution in [0.2, 0.25) is 0 Å². The molecule has 0 aromatic carbocycles. The summed E-state index contributed by atoms with van der Waals surface area (Å²) in [7, 11) is 0. The number of rotatable bonds is 7. The van der Waals surface area contributed by atoms with Crippen LogP contribution in [0.1, 0.15) is 58.3 Å². The number of carbonyl (C=O) groups excluding carboxylic acids is 1. The van der Waals surface area contributed by atoms with Crippen LogP contribution in [0, 0.1) is 11.3 Å². The van der Waals surface area contributed by atoms with E-state index in [1.54, 1.807) is 0 Å². The Morgan fingerprint density at radius 2 is 2.10 bits per heavy atom. The molecule has 0 saturated heterocycles. The standard InChI is InChI=1S/C16H30N2O2/c1-2-20-10-9-16(7-3-4-8-16)12-18-15(19)13-5-6-14(17)11-13/h13-14H,2-12,17H2,1H3,(H,18,19). The van der Waals surface area contributed by atoms with Crippen LogP contribution in [-0.2, 0) is 9.53 Å². The molecule has 3 N–H and O–H groups in total. The SMILES string of the molecule is CCOCCC1(CNC(=O)C2CCC(N)C2)CCCC1. The third-order valence-electron chi connectivity index (χ3n) is 5.13. The average molecular weight is 282 g/mol. The van der Waals surface area contributed by atoms with Crippen molar-refractivity contribution in [1.82, 2.24) is 5.32 Å². The molecule has 4 heteroatoms. The summed E-state index contributed by atoms with van der Waals surface area (Å²) in [5.41, 5.74) is 6.17. The Bertz CT molecular complexity index is 314. The molecule has 116 valence electrons. The Morgan fingerprint density at radius 1 is 1.35 bits per heavy atom. The highest BCUT2D eigenvalue weighted by molar-refractivity contribution is 5.79. The maximum Gasteiger partial charge on any atom is 0.223 e. The Morgan fingerprint density at radius 3 is 2.70 bits per heavy atom. The fourth-order valence-corrected chi connectivity index (χ4v) is 3.75. The predicted molar refractivity (Wildman–Crippen MR) is 80.3 cm³/mol. The molecule has 0 aliphatic heterocycles. The molecule has 0 radical (unpaired) electrons. The first-order valence-corrected chi connectivity index (χ1v) is 8.26. The molecule has 2 unspecified atom stereocenters. The lowest BCUT2D eigenvalue weighted by Gasteiger charge is -2.29. The van der Waals surface area contributed by atoms with Gasteiger partial charge in [-0.25, -0.2) is 0 Å². The van der Waals surface area contributed by atoms with E-state index in [-0.39, 0.29) is 23.3 Å². The molecule has 2 aliphatic rings. The van der Waals surface area contributed by atoms with Crippen LogP contribution in [0.25, 0.3) is 0 Å². The van der Waals surface area contributed by atoms with E-state index in [9.17, 15) is 4.79 Å². The van der Waals surface area contributed by atoms with Gasteiger partial charge in [0.15, 0.2) is 0 Å². The van der Waals surface area contributed by atoms with Crippen LogP contribution < -0.4 is 11.1 Å². The van der Waals surface area contributed by atoms with E-state index in [0.29, 0.717) is 0 Å². The summed E-state index contributed by atoms with van der Waals surface area (Å²) in [4.78, 5) is 12.2. The van der Waals surface area contributed by atoms with E-state index in [2.05, 4.69) is 5.32 Å². The van der Waals surface area contributed by atoms with Gasteiger partial charge in [-0.05, 0) is 50.9 Å². The van der Waals surface area contributed by atoms with Crippen LogP contribution in [0.15, 0.2) is 0 Å². The van der Waals surface area contributed by atoms with Gasteiger partial charge < -0.3 is 15.8 Å². The summed E-state index contributed by atoms with van der Waals surface area (Å²) in [6.45, 7) is 4.46. The third-order valence-corrected chi connectivity index (χ3v) is 5.13. The molecule has 2 atom stereocenters. The Kier molecular flexibility index (Phi) is 5.85.